The Labute approximate surface area is 125 Å². The van der Waals surface area contributed by atoms with E-state index < -0.39 is 21.9 Å². The van der Waals surface area contributed by atoms with Crippen LogP contribution in [0.2, 0.25) is 0 Å². The van der Waals surface area contributed by atoms with Crippen LogP contribution in [0.1, 0.15) is 45.4 Å². The molecule has 1 fully saturated rings. The zero-order valence-electron chi connectivity index (χ0n) is 12.7. The Kier molecular flexibility index (Phi) is 6.97. The SMILES string of the molecule is CCNC(CCCS(C)(=O)=O)C1CCCC(C(F)(F)F)C1. The van der Waals surface area contributed by atoms with Gasteiger partial charge in [0.2, 0.25) is 0 Å². The lowest BCUT2D eigenvalue weighted by molar-refractivity contribution is -0.186. The molecule has 1 N–H and O–H groups in total. The van der Waals surface area contributed by atoms with Gasteiger partial charge in [0.15, 0.2) is 0 Å². The zero-order chi connectivity index (χ0) is 16.1. The van der Waals surface area contributed by atoms with Crippen LogP contribution in [-0.2, 0) is 9.84 Å². The van der Waals surface area contributed by atoms with Crippen LogP contribution in [0.4, 0.5) is 13.2 Å². The Hall–Kier alpha value is -0.300. The highest BCUT2D eigenvalue weighted by Gasteiger charge is 2.43. The van der Waals surface area contributed by atoms with Gasteiger partial charge in [-0.1, -0.05) is 13.3 Å². The fourth-order valence-corrected chi connectivity index (χ4v) is 3.91. The van der Waals surface area contributed by atoms with Crippen LogP contribution >= 0.6 is 0 Å². The molecular formula is C14H26F3NO2S. The van der Waals surface area contributed by atoms with E-state index in [0.29, 0.717) is 25.8 Å². The summed E-state index contributed by atoms with van der Waals surface area (Å²) >= 11 is 0. The summed E-state index contributed by atoms with van der Waals surface area (Å²) in [6.07, 6.45) is -0.00819. The van der Waals surface area contributed by atoms with E-state index in [2.05, 4.69) is 5.32 Å². The number of sulfone groups is 1. The van der Waals surface area contributed by atoms with Gasteiger partial charge in [0.1, 0.15) is 9.84 Å². The molecular weight excluding hydrogens is 303 g/mol. The van der Waals surface area contributed by atoms with Crippen molar-refractivity contribution < 1.29 is 21.6 Å². The summed E-state index contributed by atoms with van der Waals surface area (Å²) < 4.78 is 60.9. The third-order valence-electron chi connectivity index (χ3n) is 4.24. The molecule has 0 aliphatic heterocycles. The molecule has 7 heteroatoms. The van der Waals surface area contributed by atoms with E-state index in [4.69, 9.17) is 0 Å². The smallest absolute Gasteiger partial charge is 0.314 e. The van der Waals surface area contributed by atoms with E-state index in [0.717, 1.165) is 6.42 Å². The molecule has 0 radical (unpaired) electrons. The molecule has 0 heterocycles. The highest BCUT2D eigenvalue weighted by Crippen LogP contribution is 2.41. The lowest BCUT2D eigenvalue weighted by atomic mass is 9.76. The van der Waals surface area contributed by atoms with Crippen LogP contribution in [0.15, 0.2) is 0 Å². The second kappa shape index (κ2) is 7.81. The minimum absolute atomic E-state index is 0.00937. The third kappa shape index (κ3) is 7.00. The topological polar surface area (TPSA) is 46.2 Å². The van der Waals surface area contributed by atoms with Crippen molar-refractivity contribution >= 4 is 9.84 Å². The van der Waals surface area contributed by atoms with Gasteiger partial charge in [-0.25, -0.2) is 8.42 Å². The summed E-state index contributed by atoms with van der Waals surface area (Å²) in [7, 11) is -3.01. The normalized spacial score (nSPS) is 25.8. The fourth-order valence-electron chi connectivity index (χ4n) is 3.22. The first-order valence-corrected chi connectivity index (χ1v) is 9.67. The maximum Gasteiger partial charge on any atom is 0.391 e. The summed E-state index contributed by atoms with van der Waals surface area (Å²) in [5.74, 6) is -1.11. The molecule has 1 saturated carbocycles. The molecule has 0 saturated heterocycles. The van der Waals surface area contributed by atoms with E-state index in [1.807, 2.05) is 6.92 Å². The van der Waals surface area contributed by atoms with Gasteiger partial charge in [-0.2, -0.15) is 13.2 Å². The average molecular weight is 329 g/mol. The van der Waals surface area contributed by atoms with Crippen LogP contribution < -0.4 is 5.32 Å². The predicted molar refractivity (Wildman–Crippen MR) is 77.9 cm³/mol. The van der Waals surface area contributed by atoms with Crippen molar-refractivity contribution in [2.24, 2.45) is 11.8 Å². The van der Waals surface area contributed by atoms with Crippen molar-refractivity contribution in [3.63, 3.8) is 0 Å². The van der Waals surface area contributed by atoms with Crippen molar-refractivity contribution in [2.75, 3.05) is 18.6 Å². The summed E-state index contributed by atoms with van der Waals surface area (Å²) in [5.41, 5.74) is 0. The Balaban J connectivity index is 2.58. The quantitative estimate of drug-likeness (QED) is 0.780. The van der Waals surface area contributed by atoms with Gasteiger partial charge in [0.25, 0.3) is 0 Å². The molecule has 0 bridgehead atoms. The number of alkyl halides is 3. The number of rotatable bonds is 7. The molecule has 3 unspecified atom stereocenters. The van der Waals surface area contributed by atoms with Gasteiger partial charge < -0.3 is 5.32 Å². The van der Waals surface area contributed by atoms with Gasteiger partial charge in [-0.3, -0.25) is 0 Å². The summed E-state index contributed by atoms with van der Waals surface area (Å²) in [5, 5.41) is 3.25. The number of hydrogen-bond donors (Lipinski definition) is 1. The summed E-state index contributed by atoms with van der Waals surface area (Å²) in [6.45, 7) is 2.62. The molecule has 3 atom stereocenters. The Morgan fingerprint density at radius 1 is 1.29 bits per heavy atom. The molecule has 0 amide bonds. The van der Waals surface area contributed by atoms with Gasteiger partial charge >= 0.3 is 6.18 Å². The standard InChI is InChI=1S/C14H26F3NO2S/c1-3-18-13(8-5-9-21(2,19)20)11-6-4-7-12(10-11)14(15,16)17/h11-13,18H,3-10H2,1-2H3. The van der Waals surface area contributed by atoms with E-state index in [1.54, 1.807) is 0 Å². The van der Waals surface area contributed by atoms with Gasteiger partial charge in [-0.05, 0) is 44.6 Å². The second-order valence-electron chi connectivity index (χ2n) is 6.10. The first-order valence-electron chi connectivity index (χ1n) is 7.61. The Bertz CT molecular complexity index is 409. The summed E-state index contributed by atoms with van der Waals surface area (Å²) in [6, 6.07) is -0.0121. The number of halogens is 3. The van der Waals surface area contributed by atoms with E-state index in [1.165, 1.54) is 6.26 Å². The maximum absolute atomic E-state index is 12.9. The molecule has 1 aliphatic rings. The predicted octanol–water partition coefficient (Wildman–Crippen LogP) is 3.16. The molecule has 126 valence electrons. The lowest BCUT2D eigenvalue weighted by Gasteiger charge is -2.35. The van der Waals surface area contributed by atoms with E-state index >= 15 is 0 Å². The lowest BCUT2D eigenvalue weighted by Crippen LogP contribution is -2.41. The first-order chi connectivity index (χ1) is 9.63. The minimum atomic E-state index is -4.11. The van der Waals surface area contributed by atoms with Gasteiger partial charge in [-0.15, -0.1) is 0 Å². The largest absolute Gasteiger partial charge is 0.391 e. The summed E-state index contributed by atoms with van der Waals surface area (Å²) in [4.78, 5) is 0. The average Bonchev–Trinajstić information content (AvgIpc) is 2.35. The van der Waals surface area contributed by atoms with Crippen LogP contribution in [0.3, 0.4) is 0 Å². The second-order valence-corrected chi connectivity index (χ2v) is 8.36. The molecule has 0 aromatic heterocycles. The third-order valence-corrected chi connectivity index (χ3v) is 5.27. The zero-order valence-corrected chi connectivity index (χ0v) is 13.6. The van der Waals surface area contributed by atoms with Gasteiger partial charge in [0, 0.05) is 18.1 Å². The van der Waals surface area contributed by atoms with Gasteiger partial charge in [0.05, 0.1) is 5.92 Å². The minimum Gasteiger partial charge on any atom is -0.314 e. The maximum atomic E-state index is 12.9. The molecule has 21 heavy (non-hydrogen) atoms. The van der Waals surface area contributed by atoms with E-state index in [9.17, 15) is 21.6 Å². The monoisotopic (exact) mass is 329 g/mol. The van der Waals surface area contributed by atoms with Crippen molar-refractivity contribution in [2.45, 2.75) is 57.7 Å². The molecule has 1 aliphatic carbocycles. The Morgan fingerprint density at radius 3 is 2.48 bits per heavy atom. The first kappa shape index (κ1) is 18.7. The highest BCUT2D eigenvalue weighted by atomic mass is 32.2. The number of nitrogens with one attached hydrogen (secondary N) is 1. The molecule has 0 aromatic carbocycles. The molecule has 3 nitrogen and oxygen atoms in total. The fraction of sp³-hybridized carbons (Fsp3) is 1.00. The van der Waals surface area contributed by atoms with Crippen LogP contribution in [-0.4, -0.2) is 39.2 Å². The number of hydrogen-bond acceptors (Lipinski definition) is 3. The van der Waals surface area contributed by atoms with Crippen LogP contribution in [0, 0.1) is 11.8 Å². The van der Waals surface area contributed by atoms with Crippen molar-refractivity contribution in [1.82, 2.24) is 5.32 Å². The Morgan fingerprint density at radius 2 is 1.95 bits per heavy atom. The van der Waals surface area contributed by atoms with Crippen LogP contribution in [0.25, 0.3) is 0 Å². The van der Waals surface area contributed by atoms with Crippen molar-refractivity contribution in [1.29, 1.82) is 0 Å². The van der Waals surface area contributed by atoms with Crippen molar-refractivity contribution in [3.8, 4) is 0 Å². The van der Waals surface area contributed by atoms with Crippen LogP contribution in [0.5, 0.6) is 0 Å². The van der Waals surface area contributed by atoms with E-state index in [-0.39, 0.29) is 30.6 Å². The molecule has 0 aromatic rings. The molecule has 0 spiro atoms. The highest BCUT2D eigenvalue weighted by molar-refractivity contribution is 7.90. The molecule has 1 rings (SSSR count). The van der Waals surface area contributed by atoms with Crippen molar-refractivity contribution in [3.05, 3.63) is 0 Å².